The van der Waals surface area contributed by atoms with Crippen LogP contribution in [0.2, 0.25) is 0 Å². The molecule has 0 radical (unpaired) electrons. The Labute approximate surface area is 101 Å². The van der Waals surface area contributed by atoms with E-state index in [2.05, 4.69) is 0 Å². The molecule has 0 heterocycles. The minimum absolute atomic E-state index is 0.193. The van der Waals surface area contributed by atoms with Gasteiger partial charge in [-0.1, -0.05) is 26.3 Å². The van der Waals surface area contributed by atoms with E-state index in [0.29, 0.717) is 12.1 Å². The molecule has 0 spiro atoms. The molecule has 0 amide bonds. The summed E-state index contributed by atoms with van der Waals surface area (Å²) in [4.78, 5) is 0. The lowest BCUT2D eigenvalue weighted by atomic mass is 9.64. The van der Waals surface area contributed by atoms with E-state index in [-0.39, 0.29) is 11.3 Å². The van der Waals surface area contributed by atoms with Gasteiger partial charge in [0.05, 0.1) is 0 Å². The SMILES string of the molecule is CC(C)c1cc(F)c(F)c(C2(CN)CCC2)c1. The average Bonchev–Trinajstić information content (AvgIpc) is 2.22. The Morgan fingerprint density at radius 1 is 1.29 bits per heavy atom. The predicted octanol–water partition coefficient (Wildman–Crippen LogP) is 3.47. The molecule has 1 fully saturated rings. The van der Waals surface area contributed by atoms with Crippen molar-refractivity contribution in [3.63, 3.8) is 0 Å². The molecule has 17 heavy (non-hydrogen) atoms. The molecule has 94 valence electrons. The van der Waals surface area contributed by atoms with Gasteiger partial charge in [-0.05, 0) is 36.0 Å². The van der Waals surface area contributed by atoms with Gasteiger partial charge in [0.15, 0.2) is 11.6 Å². The molecule has 1 saturated carbocycles. The lowest BCUT2D eigenvalue weighted by molar-refractivity contribution is 0.241. The minimum Gasteiger partial charge on any atom is -0.330 e. The normalized spacial score (nSPS) is 18.2. The van der Waals surface area contributed by atoms with Crippen LogP contribution in [-0.4, -0.2) is 6.54 Å². The van der Waals surface area contributed by atoms with Crippen LogP contribution < -0.4 is 5.73 Å². The molecule has 0 saturated heterocycles. The van der Waals surface area contributed by atoms with E-state index in [0.717, 1.165) is 24.8 Å². The van der Waals surface area contributed by atoms with Gasteiger partial charge in [0, 0.05) is 12.0 Å². The molecule has 2 N–H and O–H groups in total. The molecular weight excluding hydrogens is 220 g/mol. The smallest absolute Gasteiger partial charge is 0.162 e. The fourth-order valence-corrected chi connectivity index (χ4v) is 2.52. The van der Waals surface area contributed by atoms with Crippen LogP contribution in [0, 0.1) is 11.6 Å². The third-order valence-corrected chi connectivity index (χ3v) is 3.99. The first kappa shape index (κ1) is 12.5. The third kappa shape index (κ3) is 1.97. The van der Waals surface area contributed by atoms with Crippen molar-refractivity contribution >= 4 is 0 Å². The van der Waals surface area contributed by atoms with Gasteiger partial charge in [-0.15, -0.1) is 0 Å². The van der Waals surface area contributed by atoms with Crippen LogP contribution in [0.25, 0.3) is 0 Å². The van der Waals surface area contributed by atoms with E-state index < -0.39 is 11.6 Å². The number of benzene rings is 1. The van der Waals surface area contributed by atoms with Crippen LogP contribution in [0.1, 0.15) is 50.2 Å². The Balaban J connectivity index is 2.52. The second kappa shape index (κ2) is 4.37. The fraction of sp³-hybridized carbons (Fsp3) is 0.571. The number of rotatable bonds is 3. The maximum absolute atomic E-state index is 13.9. The van der Waals surface area contributed by atoms with Crippen molar-refractivity contribution in [3.05, 3.63) is 34.9 Å². The molecule has 1 aliphatic rings. The Kier molecular flexibility index (Phi) is 3.21. The molecule has 0 atom stereocenters. The van der Waals surface area contributed by atoms with Gasteiger partial charge in [-0.25, -0.2) is 8.78 Å². The standard InChI is InChI=1S/C14H19F2N/c1-9(2)10-6-11(13(16)12(15)7-10)14(8-17)4-3-5-14/h6-7,9H,3-5,8,17H2,1-2H3. The fourth-order valence-electron chi connectivity index (χ4n) is 2.52. The largest absolute Gasteiger partial charge is 0.330 e. The van der Waals surface area contributed by atoms with Gasteiger partial charge in [0.25, 0.3) is 0 Å². The zero-order valence-corrected chi connectivity index (χ0v) is 10.4. The van der Waals surface area contributed by atoms with Crippen LogP contribution >= 0.6 is 0 Å². The molecule has 0 aromatic heterocycles. The molecule has 1 aromatic rings. The summed E-state index contributed by atoms with van der Waals surface area (Å²) in [7, 11) is 0. The first-order valence-electron chi connectivity index (χ1n) is 6.19. The summed E-state index contributed by atoms with van der Waals surface area (Å²) in [5, 5.41) is 0. The van der Waals surface area contributed by atoms with Crippen LogP contribution in [0.15, 0.2) is 12.1 Å². The predicted molar refractivity (Wildman–Crippen MR) is 65.0 cm³/mol. The van der Waals surface area contributed by atoms with Crippen molar-refractivity contribution in [1.82, 2.24) is 0 Å². The van der Waals surface area contributed by atoms with Gasteiger partial charge >= 0.3 is 0 Å². The summed E-state index contributed by atoms with van der Waals surface area (Å²) in [6.07, 6.45) is 2.77. The highest BCUT2D eigenvalue weighted by atomic mass is 19.2. The summed E-state index contributed by atoms with van der Waals surface area (Å²) >= 11 is 0. The van der Waals surface area contributed by atoms with E-state index in [1.807, 2.05) is 13.8 Å². The molecule has 0 bridgehead atoms. The molecule has 1 aliphatic carbocycles. The van der Waals surface area contributed by atoms with E-state index >= 15 is 0 Å². The summed E-state index contributed by atoms with van der Waals surface area (Å²) in [6.45, 7) is 4.35. The average molecular weight is 239 g/mol. The first-order valence-corrected chi connectivity index (χ1v) is 6.19. The van der Waals surface area contributed by atoms with Gasteiger partial charge in [-0.2, -0.15) is 0 Å². The lowest BCUT2D eigenvalue weighted by Gasteiger charge is -2.42. The van der Waals surface area contributed by atoms with Crippen molar-refractivity contribution in [3.8, 4) is 0 Å². The van der Waals surface area contributed by atoms with E-state index in [1.54, 1.807) is 6.07 Å². The van der Waals surface area contributed by atoms with Crippen LogP contribution in [0.4, 0.5) is 8.78 Å². The summed E-state index contributed by atoms with van der Waals surface area (Å²) in [6, 6.07) is 3.10. The lowest BCUT2D eigenvalue weighted by Crippen LogP contribution is -2.42. The second-order valence-electron chi connectivity index (χ2n) is 5.36. The van der Waals surface area contributed by atoms with Gasteiger partial charge < -0.3 is 5.73 Å². The van der Waals surface area contributed by atoms with Gasteiger partial charge in [0.1, 0.15) is 0 Å². The molecular formula is C14H19F2N. The van der Waals surface area contributed by atoms with E-state index in [9.17, 15) is 8.78 Å². The summed E-state index contributed by atoms with van der Waals surface area (Å²) in [5.41, 5.74) is 6.76. The molecule has 3 heteroatoms. The third-order valence-electron chi connectivity index (χ3n) is 3.99. The first-order chi connectivity index (χ1) is 8.00. The van der Waals surface area contributed by atoms with Crippen LogP contribution in [-0.2, 0) is 5.41 Å². The van der Waals surface area contributed by atoms with Gasteiger partial charge in [-0.3, -0.25) is 0 Å². The van der Waals surface area contributed by atoms with Crippen molar-refractivity contribution < 1.29 is 8.78 Å². The van der Waals surface area contributed by atoms with Crippen molar-refractivity contribution in [2.45, 2.75) is 44.4 Å². The maximum atomic E-state index is 13.9. The van der Waals surface area contributed by atoms with Crippen LogP contribution in [0.5, 0.6) is 0 Å². The highest BCUT2D eigenvalue weighted by Crippen LogP contribution is 2.44. The monoisotopic (exact) mass is 239 g/mol. The highest BCUT2D eigenvalue weighted by molar-refractivity contribution is 5.36. The van der Waals surface area contributed by atoms with Crippen LogP contribution in [0.3, 0.4) is 0 Å². The number of hydrogen-bond acceptors (Lipinski definition) is 1. The van der Waals surface area contributed by atoms with Crippen molar-refractivity contribution in [2.24, 2.45) is 5.73 Å². The quantitative estimate of drug-likeness (QED) is 0.858. The zero-order chi connectivity index (χ0) is 12.6. The maximum Gasteiger partial charge on any atom is 0.162 e. The van der Waals surface area contributed by atoms with E-state index in [4.69, 9.17) is 5.73 Å². The van der Waals surface area contributed by atoms with Crippen molar-refractivity contribution in [1.29, 1.82) is 0 Å². The van der Waals surface area contributed by atoms with Crippen molar-refractivity contribution in [2.75, 3.05) is 6.54 Å². The molecule has 0 unspecified atom stereocenters. The Morgan fingerprint density at radius 2 is 1.94 bits per heavy atom. The Bertz CT molecular complexity index is 417. The second-order valence-corrected chi connectivity index (χ2v) is 5.36. The summed E-state index contributed by atoms with van der Waals surface area (Å²) in [5.74, 6) is -1.26. The highest BCUT2D eigenvalue weighted by Gasteiger charge is 2.40. The number of hydrogen-bond donors (Lipinski definition) is 1. The molecule has 1 nitrogen and oxygen atoms in total. The number of nitrogens with two attached hydrogens (primary N) is 1. The molecule has 0 aliphatic heterocycles. The molecule has 1 aromatic carbocycles. The Hall–Kier alpha value is -0.960. The zero-order valence-electron chi connectivity index (χ0n) is 10.4. The molecule has 2 rings (SSSR count). The Morgan fingerprint density at radius 3 is 2.35 bits per heavy atom. The topological polar surface area (TPSA) is 26.0 Å². The van der Waals surface area contributed by atoms with Gasteiger partial charge in [0.2, 0.25) is 0 Å². The number of halogens is 2. The van der Waals surface area contributed by atoms with E-state index in [1.165, 1.54) is 6.07 Å². The summed E-state index contributed by atoms with van der Waals surface area (Å²) < 4.78 is 27.5. The minimum atomic E-state index is -0.745.